The van der Waals surface area contributed by atoms with E-state index in [-0.39, 0.29) is 24.0 Å². The average molecular weight is 481 g/mol. The summed E-state index contributed by atoms with van der Waals surface area (Å²) in [7, 11) is 4.99. The van der Waals surface area contributed by atoms with E-state index in [2.05, 4.69) is 15.6 Å². The molecule has 0 atom stereocenters. The molecule has 0 radical (unpaired) electrons. The van der Waals surface area contributed by atoms with Gasteiger partial charge in [0.25, 0.3) is 0 Å². The summed E-state index contributed by atoms with van der Waals surface area (Å²) in [4.78, 5) is 4.25. The van der Waals surface area contributed by atoms with Gasteiger partial charge in [-0.2, -0.15) is 0 Å². The Balaban J connectivity index is 0.00000261. The van der Waals surface area contributed by atoms with Crippen molar-refractivity contribution in [2.24, 2.45) is 4.99 Å². The van der Waals surface area contributed by atoms with Crippen molar-refractivity contribution in [3.8, 4) is 11.5 Å². The average Bonchev–Trinajstić information content (AvgIpc) is 3.10. The van der Waals surface area contributed by atoms with Crippen LogP contribution in [0.25, 0.3) is 11.0 Å². The molecule has 6 nitrogen and oxygen atoms in total. The Morgan fingerprint density at radius 2 is 1.70 bits per heavy atom. The summed E-state index contributed by atoms with van der Waals surface area (Å²) < 4.78 is 16.4. The number of fused-ring (bicyclic) bond motifs is 1. The lowest BCUT2D eigenvalue weighted by atomic mass is 10.2. The van der Waals surface area contributed by atoms with Gasteiger partial charge in [-0.05, 0) is 29.8 Å². The molecule has 2 N–H and O–H groups in total. The van der Waals surface area contributed by atoms with Crippen molar-refractivity contribution in [3.63, 3.8) is 0 Å². The number of hydrogen-bond donors (Lipinski definition) is 2. The first-order valence-corrected chi connectivity index (χ1v) is 8.36. The summed E-state index contributed by atoms with van der Waals surface area (Å²) in [5, 5.41) is 7.63. The van der Waals surface area contributed by atoms with Crippen LogP contribution < -0.4 is 20.1 Å². The molecule has 0 saturated heterocycles. The van der Waals surface area contributed by atoms with E-state index < -0.39 is 0 Å². The lowest BCUT2D eigenvalue weighted by Gasteiger charge is -2.13. The molecule has 3 rings (SSSR count). The van der Waals surface area contributed by atoms with Crippen LogP contribution in [0.4, 0.5) is 0 Å². The number of nitrogens with one attached hydrogen (secondary N) is 2. The molecule has 7 heteroatoms. The Hall–Kier alpha value is -2.42. The fraction of sp³-hybridized carbons (Fsp3) is 0.250. The Bertz CT molecular complexity index is 875. The molecule has 0 aliphatic carbocycles. The fourth-order valence-corrected chi connectivity index (χ4v) is 2.69. The Morgan fingerprint density at radius 3 is 2.41 bits per heavy atom. The molecule has 0 fully saturated rings. The highest BCUT2D eigenvalue weighted by molar-refractivity contribution is 14.0. The maximum atomic E-state index is 5.81. The minimum absolute atomic E-state index is 0. The van der Waals surface area contributed by atoms with Gasteiger partial charge < -0.3 is 24.5 Å². The second-order valence-corrected chi connectivity index (χ2v) is 5.72. The van der Waals surface area contributed by atoms with Crippen molar-refractivity contribution in [1.82, 2.24) is 10.6 Å². The summed E-state index contributed by atoms with van der Waals surface area (Å²) in [6.45, 7) is 1.17. The maximum Gasteiger partial charge on any atom is 0.191 e. The van der Waals surface area contributed by atoms with Crippen LogP contribution in [0.5, 0.6) is 11.5 Å². The number of hydrogen-bond acceptors (Lipinski definition) is 4. The van der Waals surface area contributed by atoms with E-state index in [1.54, 1.807) is 21.3 Å². The molecule has 144 valence electrons. The van der Waals surface area contributed by atoms with Crippen LogP contribution in [-0.2, 0) is 13.1 Å². The zero-order valence-electron chi connectivity index (χ0n) is 15.6. The number of rotatable bonds is 6. The molecule has 0 aliphatic heterocycles. The molecule has 0 spiro atoms. The molecule has 2 aromatic carbocycles. The van der Waals surface area contributed by atoms with Crippen molar-refractivity contribution in [1.29, 1.82) is 0 Å². The number of halogens is 1. The highest BCUT2D eigenvalue weighted by atomic mass is 127. The van der Waals surface area contributed by atoms with Crippen LogP contribution in [0.3, 0.4) is 0 Å². The fourth-order valence-electron chi connectivity index (χ4n) is 2.69. The molecule has 1 aromatic heterocycles. The molecule has 1 heterocycles. The Kier molecular flexibility index (Phi) is 7.78. The van der Waals surface area contributed by atoms with Crippen LogP contribution in [0, 0.1) is 0 Å². The van der Waals surface area contributed by atoms with E-state index in [1.165, 1.54) is 0 Å². The quantitative estimate of drug-likeness (QED) is 0.317. The summed E-state index contributed by atoms with van der Waals surface area (Å²) in [6.07, 6.45) is 0. The normalized spacial score (nSPS) is 11.0. The topological polar surface area (TPSA) is 68.0 Å². The van der Waals surface area contributed by atoms with Crippen molar-refractivity contribution in [2.45, 2.75) is 13.1 Å². The number of guanidine groups is 1. The Morgan fingerprint density at radius 1 is 0.963 bits per heavy atom. The maximum absolute atomic E-state index is 5.81. The van der Waals surface area contributed by atoms with Crippen LogP contribution in [0.15, 0.2) is 57.9 Å². The zero-order valence-corrected chi connectivity index (χ0v) is 17.9. The summed E-state index contributed by atoms with van der Waals surface area (Å²) in [6, 6.07) is 15.8. The minimum Gasteiger partial charge on any atom is -0.493 e. The molecule has 3 aromatic rings. The molecular formula is C20H24IN3O3. The first kappa shape index (κ1) is 20.9. The van der Waals surface area contributed by atoms with Crippen LogP contribution in [0.1, 0.15) is 11.3 Å². The number of nitrogens with zero attached hydrogens (tertiary/aromatic N) is 1. The smallest absolute Gasteiger partial charge is 0.191 e. The van der Waals surface area contributed by atoms with Crippen molar-refractivity contribution in [2.75, 3.05) is 21.3 Å². The Labute approximate surface area is 176 Å². The lowest BCUT2D eigenvalue weighted by Crippen LogP contribution is -2.36. The van der Waals surface area contributed by atoms with E-state index >= 15 is 0 Å². The third-order valence-electron chi connectivity index (χ3n) is 4.04. The van der Waals surface area contributed by atoms with Gasteiger partial charge in [0.2, 0.25) is 0 Å². The summed E-state index contributed by atoms with van der Waals surface area (Å²) in [5.41, 5.74) is 1.95. The van der Waals surface area contributed by atoms with Gasteiger partial charge in [-0.1, -0.05) is 24.3 Å². The van der Waals surface area contributed by atoms with Crippen LogP contribution >= 0.6 is 24.0 Å². The number of aliphatic imine (C=N–C) groups is 1. The SMILES string of the molecule is CN=C(NCc1ccc(OC)c(OC)c1)NCc1cc2ccccc2o1.I. The van der Waals surface area contributed by atoms with Gasteiger partial charge in [0.15, 0.2) is 17.5 Å². The number of methoxy groups -OCH3 is 2. The summed E-state index contributed by atoms with van der Waals surface area (Å²) in [5.74, 6) is 2.97. The number of benzene rings is 2. The van der Waals surface area contributed by atoms with Gasteiger partial charge in [-0.3, -0.25) is 4.99 Å². The molecular weight excluding hydrogens is 457 g/mol. The van der Waals surface area contributed by atoms with E-state index in [0.29, 0.717) is 30.5 Å². The van der Waals surface area contributed by atoms with Crippen LogP contribution in [0.2, 0.25) is 0 Å². The first-order chi connectivity index (χ1) is 12.7. The zero-order chi connectivity index (χ0) is 18.4. The van der Waals surface area contributed by atoms with Gasteiger partial charge in [0.1, 0.15) is 11.3 Å². The highest BCUT2D eigenvalue weighted by Crippen LogP contribution is 2.27. The van der Waals surface area contributed by atoms with Crippen molar-refractivity contribution in [3.05, 3.63) is 59.9 Å². The standard InChI is InChI=1S/C20H23N3O3.HI/c1-21-20(22-12-14-8-9-18(24-2)19(10-14)25-3)23-13-16-11-15-6-4-5-7-17(15)26-16;/h4-11H,12-13H2,1-3H3,(H2,21,22,23);1H. The van der Waals surface area contributed by atoms with Gasteiger partial charge in [-0.15, -0.1) is 24.0 Å². The van der Waals surface area contributed by atoms with Gasteiger partial charge in [0.05, 0.1) is 20.8 Å². The third-order valence-corrected chi connectivity index (χ3v) is 4.04. The van der Waals surface area contributed by atoms with Gasteiger partial charge >= 0.3 is 0 Å². The molecule has 27 heavy (non-hydrogen) atoms. The monoisotopic (exact) mass is 481 g/mol. The molecule has 0 unspecified atom stereocenters. The molecule has 0 aliphatic rings. The van der Waals surface area contributed by atoms with E-state index in [4.69, 9.17) is 13.9 Å². The molecule has 0 saturated carbocycles. The van der Waals surface area contributed by atoms with Crippen molar-refractivity contribution < 1.29 is 13.9 Å². The number of para-hydroxylation sites is 1. The highest BCUT2D eigenvalue weighted by Gasteiger charge is 2.07. The minimum atomic E-state index is 0. The number of furan rings is 1. The van der Waals surface area contributed by atoms with E-state index in [0.717, 1.165) is 22.3 Å². The number of ether oxygens (including phenoxy) is 2. The van der Waals surface area contributed by atoms with Crippen molar-refractivity contribution >= 4 is 40.9 Å². The van der Waals surface area contributed by atoms with E-state index in [9.17, 15) is 0 Å². The van der Waals surface area contributed by atoms with Gasteiger partial charge in [-0.25, -0.2) is 0 Å². The second-order valence-electron chi connectivity index (χ2n) is 5.72. The molecule has 0 bridgehead atoms. The summed E-state index contributed by atoms with van der Waals surface area (Å²) >= 11 is 0. The predicted octanol–water partition coefficient (Wildman–Crippen LogP) is 3.93. The molecule has 0 amide bonds. The van der Waals surface area contributed by atoms with Gasteiger partial charge in [0, 0.05) is 19.0 Å². The third kappa shape index (κ3) is 5.29. The lowest BCUT2D eigenvalue weighted by molar-refractivity contribution is 0.354. The van der Waals surface area contributed by atoms with Crippen LogP contribution in [-0.4, -0.2) is 27.2 Å². The predicted molar refractivity (Wildman–Crippen MR) is 118 cm³/mol. The first-order valence-electron chi connectivity index (χ1n) is 8.36. The largest absolute Gasteiger partial charge is 0.493 e. The van der Waals surface area contributed by atoms with E-state index in [1.807, 2.05) is 48.5 Å². The second kappa shape index (κ2) is 10.1.